The highest BCUT2D eigenvalue weighted by atomic mass is 32.2. The standard InChI is InChI=1S/C21H26N2O3S/c1-21(2,16-17-8-4-3-5-9-17)22-20(24)18-10-12-19(13-11-18)27(25,26)23-14-6-7-15-23/h3-5,8-13H,6-7,14-16H2,1-2H3,(H,22,24). The second-order valence-electron chi connectivity index (χ2n) is 7.64. The average molecular weight is 387 g/mol. The van der Waals surface area contributed by atoms with Crippen LogP contribution in [-0.2, 0) is 16.4 Å². The molecule has 2 aromatic carbocycles. The summed E-state index contributed by atoms with van der Waals surface area (Å²) in [6, 6.07) is 16.2. The van der Waals surface area contributed by atoms with Crippen LogP contribution in [0.5, 0.6) is 0 Å². The number of hydrogen-bond donors (Lipinski definition) is 1. The van der Waals surface area contributed by atoms with E-state index < -0.39 is 15.6 Å². The van der Waals surface area contributed by atoms with E-state index in [1.165, 1.54) is 16.4 Å². The van der Waals surface area contributed by atoms with E-state index in [0.717, 1.165) is 18.4 Å². The van der Waals surface area contributed by atoms with Crippen LogP contribution in [0.3, 0.4) is 0 Å². The Morgan fingerprint density at radius 1 is 1.00 bits per heavy atom. The van der Waals surface area contributed by atoms with Crippen molar-refractivity contribution >= 4 is 15.9 Å². The molecule has 2 aromatic rings. The van der Waals surface area contributed by atoms with E-state index in [1.54, 1.807) is 12.1 Å². The molecular weight excluding hydrogens is 360 g/mol. The Morgan fingerprint density at radius 2 is 1.59 bits per heavy atom. The Bertz CT molecular complexity index is 885. The maximum Gasteiger partial charge on any atom is 0.251 e. The van der Waals surface area contributed by atoms with E-state index in [2.05, 4.69) is 5.32 Å². The van der Waals surface area contributed by atoms with Gasteiger partial charge in [0.25, 0.3) is 5.91 Å². The minimum atomic E-state index is -3.46. The van der Waals surface area contributed by atoms with Gasteiger partial charge in [0, 0.05) is 24.2 Å². The topological polar surface area (TPSA) is 66.5 Å². The summed E-state index contributed by atoms with van der Waals surface area (Å²) in [6.45, 7) is 5.09. The van der Waals surface area contributed by atoms with Crippen molar-refractivity contribution in [3.63, 3.8) is 0 Å². The lowest BCUT2D eigenvalue weighted by atomic mass is 9.94. The minimum Gasteiger partial charge on any atom is -0.347 e. The molecule has 0 saturated carbocycles. The van der Waals surface area contributed by atoms with Crippen molar-refractivity contribution in [2.24, 2.45) is 0 Å². The van der Waals surface area contributed by atoms with Gasteiger partial charge < -0.3 is 5.32 Å². The van der Waals surface area contributed by atoms with Gasteiger partial charge in [-0.15, -0.1) is 0 Å². The smallest absolute Gasteiger partial charge is 0.251 e. The predicted molar refractivity (Wildman–Crippen MR) is 106 cm³/mol. The first-order valence-corrected chi connectivity index (χ1v) is 10.7. The zero-order valence-corrected chi connectivity index (χ0v) is 16.6. The number of carbonyl (C=O) groups excluding carboxylic acids is 1. The first kappa shape index (κ1) is 19.6. The van der Waals surface area contributed by atoms with Crippen LogP contribution in [0, 0.1) is 0 Å². The molecular formula is C21H26N2O3S. The Balaban J connectivity index is 1.68. The summed E-state index contributed by atoms with van der Waals surface area (Å²) in [6.07, 6.45) is 2.51. The highest BCUT2D eigenvalue weighted by Gasteiger charge is 2.27. The Morgan fingerprint density at radius 3 is 2.19 bits per heavy atom. The highest BCUT2D eigenvalue weighted by Crippen LogP contribution is 2.21. The number of nitrogens with one attached hydrogen (secondary N) is 1. The van der Waals surface area contributed by atoms with Gasteiger partial charge in [-0.1, -0.05) is 30.3 Å². The summed E-state index contributed by atoms with van der Waals surface area (Å²) in [5.74, 6) is -0.207. The SMILES string of the molecule is CC(C)(Cc1ccccc1)NC(=O)c1ccc(S(=O)(=O)N2CCCC2)cc1. The summed E-state index contributed by atoms with van der Waals surface area (Å²) in [4.78, 5) is 12.8. The molecule has 0 spiro atoms. The molecule has 1 fully saturated rings. The van der Waals surface area contributed by atoms with E-state index >= 15 is 0 Å². The van der Waals surface area contributed by atoms with Gasteiger partial charge in [-0.05, 0) is 62.9 Å². The molecule has 1 saturated heterocycles. The zero-order valence-electron chi connectivity index (χ0n) is 15.8. The van der Waals surface area contributed by atoms with Crippen molar-refractivity contribution < 1.29 is 13.2 Å². The number of nitrogens with zero attached hydrogens (tertiary/aromatic N) is 1. The Kier molecular flexibility index (Phi) is 5.67. The molecule has 5 nitrogen and oxygen atoms in total. The summed E-state index contributed by atoms with van der Waals surface area (Å²) < 4.78 is 26.7. The number of carbonyl (C=O) groups is 1. The molecule has 1 amide bonds. The Hall–Kier alpha value is -2.18. The number of amides is 1. The van der Waals surface area contributed by atoms with Gasteiger partial charge in [0.05, 0.1) is 4.90 Å². The molecule has 1 aliphatic rings. The summed E-state index contributed by atoms with van der Waals surface area (Å²) in [5, 5.41) is 3.04. The average Bonchev–Trinajstić information content (AvgIpc) is 3.17. The van der Waals surface area contributed by atoms with Crippen LogP contribution in [0.25, 0.3) is 0 Å². The van der Waals surface area contributed by atoms with Crippen molar-refractivity contribution in [3.05, 3.63) is 65.7 Å². The first-order chi connectivity index (χ1) is 12.8. The van der Waals surface area contributed by atoms with Crippen molar-refractivity contribution in [1.29, 1.82) is 0 Å². The zero-order chi connectivity index (χ0) is 19.5. The molecule has 6 heteroatoms. The van der Waals surface area contributed by atoms with Crippen LogP contribution in [0.2, 0.25) is 0 Å². The maximum atomic E-state index is 12.6. The molecule has 3 rings (SSSR count). The monoisotopic (exact) mass is 386 g/mol. The van der Waals surface area contributed by atoms with Gasteiger partial charge in [0.1, 0.15) is 0 Å². The molecule has 27 heavy (non-hydrogen) atoms. The number of hydrogen-bond acceptors (Lipinski definition) is 3. The lowest BCUT2D eigenvalue weighted by molar-refractivity contribution is 0.0913. The van der Waals surface area contributed by atoms with Crippen LogP contribution in [0.1, 0.15) is 42.6 Å². The molecule has 0 unspecified atom stereocenters. The third kappa shape index (κ3) is 4.76. The van der Waals surface area contributed by atoms with E-state index in [1.807, 2.05) is 44.2 Å². The second-order valence-corrected chi connectivity index (χ2v) is 9.57. The molecule has 0 bridgehead atoms. The summed E-state index contributed by atoms with van der Waals surface area (Å²) in [5.41, 5.74) is 1.19. The molecule has 0 radical (unpaired) electrons. The third-order valence-electron chi connectivity index (χ3n) is 4.76. The Labute approximate surface area is 161 Å². The minimum absolute atomic E-state index is 0.207. The fourth-order valence-electron chi connectivity index (χ4n) is 3.39. The molecule has 1 N–H and O–H groups in total. The molecule has 1 aliphatic heterocycles. The fourth-order valence-corrected chi connectivity index (χ4v) is 4.90. The summed E-state index contributed by atoms with van der Waals surface area (Å²) >= 11 is 0. The van der Waals surface area contributed by atoms with Gasteiger partial charge in [-0.25, -0.2) is 8.42 Å². The number of benzene rings is 2. The quantitative estimate of drug-likeness (QED) is 0.829. The molecule has 0 aliphatic carbocycles. The highest BCUT2D eigenvalue weighted by molar-refractivity contribution is 7.89. The van der Waals surface area contributed by atoms with Crippen LogP contribution in [0.15, 0.2) is 59.5 Å². The largest absolute Gasteiger partial charge is 0.347 e. The predicted octanol–water partition coefficient (Wildman–Crippen LogP) is 3.22. The van der Waals surface area contributed by atoms with Crippen molar-refractivity contribution in [3.8, 4) is 0 Å². The van der Waals surface area contributed by atoms with E-state index in [4.69, 9.17) is 0 Å². The van der Waals surface area contributed by atoms with E-state index in [9.17, 15) is 13.2 Å². The van der Waals surface area contributed by atoms with Gasteiger partial charge in [0.2, 0.25) is 10.0 Å². The lowest BCUT2D eigenvalue weighted by Gasteiger charge is -2.26. The van der Waals surface area contributed by atoms with Crippen molar-refractivity contribution in [2.75, 3.05) is 13.1 Å². The molecule has 1 heterocycles. The van der Waals surface area contributed by atoms with Gasteiger partial charge in [-0.2, -0.15) is 4.31 Å². The van der Waals surface area contributed by atoms with E-state index in [-0.39, 0.29) is 10.8 Å². The van der Waals surface area contributed by atoms with Crippen LogP contribution in [0.4, 0.5) is 0 Å². The third-order valence-corrected chi connectivity index (χ3v) is 6.67. The van der Waals surface area contributed by atoms with Crippen LogP contribution in [-0.4, -0.2) is 37.3 Å². The maximum absolute atomic E-state index is 12.6. The van der Waals surface area contributed by atoms with Crippen LogP contribution < -0.4 is 5.32 Å². The van der Waals surface area contributed by atoms with Crippen molar-refractivity contribution in [2.45, 2.75) is 43.5 Å². The van der Waals surface area contributed by atoms with Gasteiger partial charge in [0.15, 0.2) is 0 Å². The van der Waals surface area contributed by atoms with Gasteiger partial charge in [-0.3, -0.25) is 4.79 Å². The lowest BCUT2D eigenvalue weighted by Crippen LogP contribution is -2.45. The van der Waals surface area contributed by atoms with Gasteiger partial charge >= 0.3 is 0 Å². The molecule has 144 valence electrons. The normalized spacial score (nSPS) is 15.6. The van der Waals surface area contributed by atoms with Crippen LogP contribution >= 0.6 is 0 Å². The number of rotatable bonds is 6. The summed E-state index contributed by atoms with van der Waals surface area (Å²) in [7, 11) is -3.46. The van der Waals surface area contributed by atoms with Crippen molar-refractivity contribution in [1.82, 2.24) is 9.62 Å². The number of sulfonamides is 1. The molecule has 0 aromatic heterocycles. The molecule has 0 atom stereocenters. The second kappa shape index (κ2) is 7.82. The first-order valence-electron chi connectivity index (χ1n) is 9.25. The fraction of sp³-hybridized carbons (Fsp3) is 0.381. The van der Waals surface area contributed by atoms with E-state index in [0.29, 0.717) is 25.1 Å².